The molecule has 7 heteroatoms. The molecule has 1 N–H and O–H groups in total. The molecule has 0 spiro atoms. The van der Waals surface area contributed by atoms with E-state index in [1.807, 2.05) is 25.5 Å². The van der Waals surface area contributed by atoms with Gasteiger partial charge in [0.2, 0.25) is 5.91 Å². The van der Waals surface area contributed by atoms with Gasteiger partial charge < -0.3 is 9.88 Å². The number of aromatic nitrogens is 4. The monoisotopic (exact) mass is 472 g/mol. The highest BCUT2D eigenvalue weighted by Gasteiger charge is 2.24. The third-order valence-corrected chi connectivity index (χ3v) is 7.37. The van der Waals surface area contributed by atoms with E-state index in [1.165, 1.54) is 27.7 Å². The second kappa shape index (κ2) is 9.11. The molecule has 0 unspecified atom stereocenters. The summed E-state index contributed by atoms with van der Waals surface area (Å²) in [6, 6.07) is 9.15. The van der Waals surface area contributed by atoms with Crippen LogP contribution in [0.2, 0.25) is 0 Å². The Hall–Kier alpha value is -3.19. The summed E-state index contributed by atoms with van der Waals surface area (Å²) in [5, 5.41) is 5.87. The highest BCUT2D eigenvalue weighted by atomic mass is 16.2. The van der Waals surface area contributed by atoms with E-state index in [4.69, 9.17) is 0 Å². The standard InChI is InChI=1S/C28H36N6O/c1-17(2)26-23-14-21(20-9-11-33(12-10-20)16-25(35)32(5)6)7-8-24(23)30-27(26)22-13-18(3)28-29-19(4)31-34(28)15-22/h7-8,13-15,17,20,30H,9-12,16H2,1-6H3. The number of pyridine rings is 1. The number of likely N-dealkylation sites (N-methyl/N-ethyl adjacent to an activating group) is 1. The van der Waals surface area contributed by atoms with Gasteiger partial charge in [0.15, 0.2) is 5.65 Å². The summed E-state index contributed by atoms with van der Waals surface area (Å²) in [4.78, 5) is 24.3. The SMILES string of the molecule is Cc1nc2c(C)cc(-c3[nH]c4ccc(C5CCN(CC(=O)N(C)C)CC5)cc4c3C(C)C)cn2n1. The molecule has 0 saturated carbocycles. The van der Waals surface area contributed by atoms with Gasteiger partial charge in [-0.2, -0.15) is 5.10 Å². The molecular weight excluding hydrogens is 436 g/mol. The van der Waals surface area contributed by atoms with Gasteiger partial charge >= 0.3 is 0 Å². The summed E-state index contributed by atoms with van der Waals surface area (Å²) < 4.78 is 1.90. The van der Waals surface area contributed by atoms with E-state index in [0.717, 1.165) is 48.5 Å². The number of fused-ring (bicyclic) bond motifs is 2. The van der Waals surface area contributed by atoms with Gasteiger partial charge in [-0.3, -0.25) is 9.69 Å². The average Bonchev–Trinajstić information content (AvgIpc) is 3.39. The van der Waals surface area contributed by atoms with Gasteiger partial charge in [0.1, 0.15) is 5.82 Å². The Bertz CT molecular complexity index is 1390. The second-order valence-corrected chi connectivity index (χ2v) is 10.6. The lowest BCUT2D eigenvalue weighted by Crippen LogP contribution is -2.40. The Morgan fingerprint density at radius 2 is 1.91 bits per heavy atom. The van der Waals surface area contributed by atoms with Crippen LogP contribution in [0.15, 0.2) is 30.5 Å². The summed E-state index contributed by atoms with van der Waals surface area (Å²) in [6.07, 6.45) is 4.26. The van der Waals surface area contributed by atoms with Crippen LogP contribution >= 0.6 is 0 Å². The van der Waals surface area contributed by atoms with Gasteiger partial charge in [0, 0.05) is 36.8 Å². The maximum absolute atomic E-state index is 12.1. The van der Waals surface area contributed by atoms with E-state index in [2.05, 4.69) is 71.2 Å². The number of benzene rings is 1. The van der Waals surface area contributed by atoms with Crippen molar-refractivity contribution in [3.8, 4) is 11.3 Å². The van der Waals surface area contributed by atoms with Crippen molar-refractivity contribution in [2.24, 2.45) is 0 Å². The van der Waals surface area contributed by atoms with Gasteiger partial charge in [0.25, 0.3) is 0 Å². The minimum absolute atomic E-state index is 0.181. The molecule has 1 aromatic carbocycles. The fraction of sp³-hybridized carbons (Fsp3) is 0.464. The molecular formula is C28H36N6O. The van der Waals surface area contributed by atoms with Crippen LogP contribution in [0.4, 0.5) is 0 Å². The number of carbonyl (C=O) groups is 1. The van der Waals surface area contributed by atoms with Crippen LogP contribution in [0.25, 0.3) is 27.8 Å². The highest BCUT2D eigenvalue weighted by molar-refractivity contribution is 5.92. The van der Waals surface area contributed by atoms with Gasteiger partial charge in [-0.05, 0) is 86.5 Å². The maximum Gasteiger partial charge on any atom is 0.236 e. The van der Waals surface area contributed by atoms with Crippen molar-refractivity contribution in [1.82, 2.24) is 29.4 Å². The first kappa shape index (κ1) is 23.5. The van der Waals surface area contributed by atoms with Crippen LogP contribution in [-0.4, -0.2) is 69.0 Å². The van der Waals surface area contributed by atoms with Gasteiger partial charge in [0.05, 0.1) is 12.2 Å². The smallest absolute Gasteiger partial charge is 0.236 e. The molecule has 35 heavy (non-hydrogen) atoms. The molecule has 4 aromatic rings. The minimum Gasteiger partial charge on any atom is -0.354 e. The van der Waals surface area contributed by atoms with Crippen LogP contribution < -0.4 is 0 Å². The van der Waals surface area contributed by atoms with E-state index in [0.29, 0.717) is 18.4 Å². The number of nitrogens with one attached hydrogen (secondary N) is 1. The van der Waals surface area contributed by atoms with Crippen molar-refractivity contribution in [1.29, 1.82) is 0 Å². The molecule has 0 atom stereocenters. The summed E-state index contributed by atoms with van der Waals surface area (Å²) in [6.45, 7) is 11.0. The number of hydrogen-bond acceptors (Lipinski definition) is 4. The number of carbonyl (C=O) groups excluding carboxylic acids is 1. The number of rotatable bonds is 5. The Balaban J connectivity index is 1.46. The normalized spacial score (nSPS) is 15.5. The fourth-order valence-electron chi connectivity index (χ4n) is 5.46. The molecule has 1 fully saturated rings. The summed E-state index contributed by atoms with van der Waals surface area (Å²) in [7, 11) is 3.65. The number of aryl methyl sites for hydroxylation is 2. The lowest BCUT2D eigenvalue weighted by atomic mass is 9.87. The third kappa shape index (κ3) is 4.45. The topological polar surface area (TPSA) is 69.5 Å². The average molecular weight is 473 g/mol. The molecule has 0 bridgehead atoms. The Morgan fingerprint density at radius 1 is 1.17 bits per heavy atom. The summed E-state index contributed by atoms with van der Waals surface area (Å²) in [5.41, 5.74) is 8.27. The van der Waals surface area contributed by atoms with Crippen LogP contribution in [0.3, 0.4) is 0 Å². The van der Waals surface area contributed by atoms with Crippen LogP contribution in [0.5, 0.6) is 0 Å². The number of likely N-dealkylation sites (tertiary alicyclic amines) is 1. The van der Waals surface area contributed by atoms with E-state index >= 15 is 0 Å². The van der Waals surface area contributed by atoms with Crippen molar-refractivity contribution in [3.05, 3.63) is 53.0 Å². The summed E-state index contributed by atoms with van der Waals surface area (Å²) in [5.74, 6) is 1.87. The number of hydrogen-bond donors (Lipinski definition) is 1. The molecule has 1 aliphatic rings. The Kier molecular flexibility index (Phi) is 6.13. The van der Waals surface area contributed by atoms with Crippen molar-refractivity contribution in [2.75, 3.05) is 33.7 Å². The fourth-order valence-corrected chi connectivity index (χ4v) is 5.46. The largest absolute Gasteiger partial charge is 0.354 e. The predicted molar refractivity (Wildman–Crippen MR) is 141 cm³/mol. The molecule has 1 saturated heterocycles. The predicted octanol–water partition coefficient (Wildman–Crippen LogP) is 4.89. The zero-order valence-electron chi connectivity index (χ0n) is 21.7. The van der Waals surface area contributed by atoms with Crippen molar-refractivity contribution in [3.63, 3.8) is 0 Å². The lowest BCUT2D eigenvalue weighted by molar-refractivity contribution is -0.130. The van der Waals surface area contributed by atoms with Crippen molar-refractivity contribution >= 4 is 22.5 Å². The number of nitrogens with zero attached hydrogens (tertiary/aromatic N) is 5. The zero-order valence-corrected chi connectivity index (χ0v) is 21.7. The molecule has 3 aromatic heterocycles. The number of piperidine rings is 1. The molecule has 4 heterocycles. The van der Waals surface area contributed by atoms with Crippen molar-refractivity contribution < 1.29 is 4.79 Å². The first-order valence-corrected chi connectivity index (χ1v) is 12.6. The van der Waals surface area contributed by atoms with Gasteiger partial charge in [-0.1, -0.05) is 19.9 Å². The van der Waals surface area contributed by atoms with E-state index in [-0.39, 0.29) is 5.91 Å². The number of aromatic amines is 1. The van der Waals surface area contributed by atoms with Gasteiger partial charge in [-0.25, -0.2) is 9.50 Å². The quantitative estimate of drug-likeness (QED) is 0.449. The molecule has 0 radical (unpaired) electrons. The molecule has 1 aliphatic heterocycles. The first-order chi connectivity index (χ1) is 16.7. The Labute approximate surface area is 207 Å². The molecule has 184 valence electrons. The molecule has 7 nitrogen and oxygen atoms in total. The summed E-state index contributed by atoms with van der Waals surface area (Å²) >= 11 is 0. The number of amides is 1. The first-order valence-electron chi connectivity index (χ1n) is 12.6. The molecule has 0 aliphatic carbocycles. The number of H-pyrrole nitrogens is 1. The van der Waals surface area contributed by atoms with Crippen LogP contribution in [-0.2, 0) is 4.79 Å². The zero-order chi connectivity index (χ0) is 24.9. The highest BCUT2D eigenvalue weighted by Crippen LogP contribution is 2.38. The van der Waals surface area contributed by atoms with Gasteiger partial charge in [-0.15, -0.1) is 0 Å². The van der Waals surface area contributed by atoms with E-state index in [1.54, 1.807) is 4.90 Å². The van der Waals surface area contributed by atoms with Crippen LogP contribution in [0, 0.1) is 13.8 Å². The second-order valence-electron chi connectivity index (χ2n) is 10.6. The maximum atomic E-state index is 12.1. The molecule has 1 amide bonds. The van der Waals surface area contributed by atoms with E-state index in [9.17, 15) is 4.79 Å². The van der Waals surface area contributed by atoms with Crippen LogP contribution in [0.1, 0.15) is 61.0 Å². The van der Waals surface area contributed by atoms with Crippen molar-refractivity contribution in [2.45, 2.75) is 52.4 Å². The third-order valence-electron chi connectivity index (χ3n) is 7.37. The lowest BCUT2D eigenvalue weighted by Gasteiger charge is -2.32. The van der Waals surface area contributed by atoms with E-state index < -0.39 is 0 Å². The Morgan fingerprint density at radius 3 is 2.60 bits per heavy atom. The minimum atomic E-state index is 0.181. The molecule has 5 rings (SSSR count).